The molecule has 94 valence electrons. The second-order valence-electron chi connectivity index (χ2n) is 4.43. The topological polar surface area (TPSA) is 63.6 Å². The molecule has 0 aromatic heterocycles. The predicted molar refractivity (Wildman–Crippen MR) is 64.4 cm³/mol. The minimum Gasteiger partial charge on any atom is -0.374 e. The molecular formula is C12H16O4S. The van der Waals surface area contributed by atoms with Gasteiger partial charge in [-0.25, -0.2) is 0 Å². The van der Waals surface area contributed by atoms with Crippen LogP contribution in [-0.2, 0) is 20.6 Å². The predicted octanol–water partition coefficient (Wildman–Crippen LogP) is 2.23. The number of rotatable bonds is 3. The SMILES string of the molecule is Cc1ccc(C2CCCO2)c(CS(=O)(=O)O)c1. The van der Waals surface area contributed by atoms with Crippen molar-refractivity contribution in [3.63, 3.8) is 0 Å². The third-order valence-corrected chi connectivity index (χ3v) is 3.59. The Balaban J connectivity index is 2.36. The molecule has 5 heteroatoms. The number of benzene rings is 1. The highest BCUT2D eigenvalue weighted by Crippen LogP contribution is 2.31. The molecule has 0 saturated carbocycles. The Morgan fingerprint density at radius 3 is 2.82 bits per heavy atom. The average molecular weight is 256 g/mol. The van der Waals surface area contributed by atoms with Crippen LogP contribution in [0.25, 0.3) is 0 Å². The summed E-state index contributed by atoms with van der Waals surface area (Å²) in [6, 6.07) is 5.63. The summed E-state index contributed by atoms with van der Waals surface area (Å²) in [7, 11) is -4.00. The Bertz CT molecular complexity index is 501. The van der Waals surface area contributed by atoms with E-state index in [1.807, 2.05) is 19.1 Å². The molecule has 0 aliphatic carbocycles. The van der Waals surface area contributed by atoms with Crippen molar-refractivity contribution < 1.29 is 17.7 Å². The highest BCUT2D eigenvalue weighted by molar-refractivity contribution is 7.85. The third kappa shape index (κ3) is 3.28. The lowest BCUT2D eigenvalue weighted by Crippen LogP contribution is -2.08. The van der Waals surface area contributed by atoms with E-state index >= 15 is 0 Å². The van der Waals surface area contributed by atoms with E-state index in [0.717, 1.165) is 24.0 Å². The summed E-state index contributed by atoms with van der Waals surface area (Å²) in [6.07, 6.45) is 1.86. The van der Waals surface area contributed by atoms with Gasteiger partial charge in [0.15, 0.2) is 0 Å². The van der Waals surface area contributed by atoms with Crippen LogP contribution in [0.4, 0.5) is 0 Å². The zero-order valence-corrected chi connectivity index (χ0v) is 10.5. The van der Waals surface area contributed by atoms with E-state index in [2.05, 4.69) is 0 Å². The van der Waals surface area contributed by atoms with E-state index in [9.17, 15) is 8.42 Å². The molecule has 1 atom stereocenters. The van der Waals surface area contributed by atoms with Crippen LogP contribution >= 0.6 is 0 Å². The van der Waals surface area contributed by atoms with Gasteiger partial charge in [-0.3, -0.25) is 4.55 Å². The van der Waals surface area contributed by atoms with Crippen LogP contribution in [0.1, 0.15) is 35.6 Å². The van der Waals surface area contributed by atoms with Gasteiger partial charge in [-0.05, 0) is 30.9 Å². The zero-order valence-electron chi connectivity index (χ0n) is 9.72. The summed E-state index contributed by atoms with van der Waals surface area (Å²) in [5.74, 6) is -0.343. The first-order valence-electron chi connectivity index (χ1n) is 5.62. The van der Waals surface area contributed by atoms with Gasteiger partial charge in [0.1, 0.15) is 5.75 Å². The molecule has 1 N–H and O–H groups in total. The lowest BCUT2D eigenvalue weighted by molar-refractivity contribution is 0.111. The molecule has 1 fully saturated rings. The Labute approximate surface area is 101 Å². The van der Waals surface area contributed by atoms with E-state index in [1.165, 1.54) is 0 Å². The van der Waals surface area contributed by atoms with E-state index in [0.29, 0.717) is 12.2 Å². The summed E-state index contributed by atoms with van der Waals surface area (Å²) in [5.41, 5.74) is 2.50. The maximum Gasteiger partial charge on any atom is 0.269 e. The number of aryl methyl sites for hydroxylation is 1. The van der Waals surface area contributed by atoms with Crippen LogP contribution in [0.3, 0.4) is 0 Å². The summed E-state index contributed by atoms with van der Waals surface area (Å²) in [4.78, 5) is 0. The lowest BCUT2D eigenvalue weighted by Gasteiger charge is -2.15. The molecule has 1 saturated heterocycles. The van der Waals surface area contributed by atoms with Crippen molar-refractivity contribution in [2.45, 2.75) is 31.6 Å². The molecule has 0 spiro atoms. The number of ether oxygens (including phenoxy) is 1. The Morgan fingerprint density at radius 2 is 2.24 bits per heavy atom. The Hall–Kier alpha value is -0.910. The molecule has 0 bridgehead atoms. The maximum atomic E-state index is 11.0. The van der Waals surface area contributed by atoms with Crippen LogP contribution in [0.5, 0.6) is 0 Å². The molecule has 1 aromatic rings. The monoisotopic (exact) mass is 256 g/mol. The second-order valence-corrected chi connectivity index (χ2v) is 5.88. The fourth-order valence-corrected chi connectivity index (χ4v) is 2.84. The van der Waals surface area contributed by atoms with Gasteiger partial charge in [-0.15, -0.1) is 0 Å². The van der Waals surface area contributed by atoms with Crippen LogP contribution in [0, 0.1) is 6.92 Å². The molecule has 1 heterocycles. The maximum absolute atomic E-state index is 11.0. The standard InChI is InChI=1S/C12H16O4S/c1-9-4-5-11(12-3-2-6-16-12)10(7-9)8-17(13,14)15/h4-5,7,12H,2-3,6,8H2,1H3,(H,13,14,15). The molecule has 1 aromatic carbocycles. The fraction of sp³-hybridized carbons (Fsp3) is 0.500. The summed E-state index contributed by atoms with van der Waals surface area (Å²) >= 11 is 0. The van der Waals surface area contributed by atoms with E-state index < -0.39 is 10.1 Å². The Kier molecular flexibility index (Phi) is 3.51. The molecule has 1 aliphatic rings. The highest BCUT2D eigenvalue weighted by Gasteiger charge is 2.22. The fourth-order valence-electron chi connectivity index (χ4n) is 2.19. The van der Waals surface area contributed by atoms with Crippen LogP contribution < -0.4 is 0 Å². The van der Waals surface area contributed by atoms with Crippen molar-refractivity contribution in [3.8, 4) is 0 Å². The molecule has 4 nitrogen and oxygen atoms in total. The smallest absolute Gasteiger partial charge is 0.269 e. The van der Waals surface area contributed by atoms with Crippen LogP contribution in [0.15, 0.2) is 18.2 Å². The second kappa shape index (κ2) is 4.76. The van der Waals surface area contributed by atoms with Crippen LogP contribution in [0.2, 0.25) is 0 Å². The lowest BCUT2D eigenvalue weighted by atomic mass is 9.99. The quantitative estimate of drug-likeness (QED) is 0.842. The van der Waals surface area contributed by atoms with Crippen molar-refractivity contribution in [3.05, 3.63) is 34.9 Å². The van der Waals surface area contributed by atoms with Crippen molar-refractivity contribution in [2.24, 2.45) is 0 Å². The number of hydrogen-bond donors (Lipinski definition) is 1. The summed E-state index contributed by atoms with van der Waals surface area (Å²) in [6.45, 7) is 2.61. The number of hydrogen-bond acceptors (Lipinski definition) is 3. The van der Waals surface area contributed by atoms with E-state index in [-0.39, 0.29) is 11.9 Å². The van der Waals surface area contributed by atoms with E-state index in [1.54, 1.807) is 6.07 Å². The Morgan fingerprint density at radius 1 is 1.47 bits per heavy atom. The van der Waals surface area contributed by atoms with Crippen molar-refractivity contribution in [1.29, 1.82) is 0 Å². The minimum atomic E-state index is -4.00. The van der Waals surface area contributed by atoms with Crippen LogP contribution in [-0.4, -0.2) is 19.6 Å². The molecule has 1 aliphatic heterocycles. The summed E-state index contributed by atoms with van der Waals surface area (Å²) < 4.78 is 36.5. The van der Waals surface area contributed by atoms with Gasteiger partial charge in [-0.1, -0.05) is 23.8 Å². The normalized spacial score (nSPS) is 20.7. The van der Waals surface area contributed by atoms with Crippen molar-refractivity contribution in [1.82, 2.24) is 0 Å². The zero-order chi connectivity index (χ0) is 12.5. The van der Waals surface area contributed by atoms with Gasteiger partial charge in [0.25, 0.3) is 10.1 Å². The van der Waals surface area contributed by atoms with Gasteiger partial charge < -0.3 is 4.74 Å². The van der Waals surface area contributed by atoms with Gasteiger partial charge in [0, 0.05) is 6.61 Å². The van der Waals surface area contributed by atoms with Gasteiger partial charge >= 0.3 is 0 Å². The third-order valence-electron chi connectivity index (χ3n) is 2.91. The minimum absolute atomic E-state index is 0.0349. The molecule has 0 radical (unpaired) electrons. The molecule has 0 amide bonds. The average Bonchev–Trinajstić information content (AvgIpc) is 2.68. The van der Waals surface area contributed by atoms with Gasteiger partial charge in [0.05, 0.1) is 6.10 Å². The van der Waals surface area contributed by atoms with Crippen molar-refractivity contribution >= 4 is 10.1 Å². The molecular weight excluding hydrogens is 240 g/mol. The first kappa shape index (κ1) is 12.5. The van der Waals surface area contributed by atoms with E-state index in [4.69, 9.17) is 9.29 Å². The summed E-state index contributed by atoms with van der Waals surface area (Å²) in [5, 5.41) is 0. The van der Waals surface area contributed by atoms with Gasteiger partial charge in [0.2, 0.25) is 0 Å². The van der Waals surface area contributed by atoms with Gasteiger partial charge in [-0.2, -0.15) is 8.42 Å². The molecule has 1 unspecified atom stereocenters. The largest absolute Gasteiger partial charge is 0.374 e. The molecule has 2 rings (SSSR count). The highest BCUT2D eigenvalue weighted by atomic mass is 32.2. The first-order chi connectivity index (χ1) is 7.96. The molecule has 17 heavy (non-hydrogen) atoms. The van der Waals surface area contributed by atoms with Crippen molar-refractivity contribution in [2.75, 3.05) is 6.61 Å². The first-order valence-corrected chi connectivity index (χ1v) is 7.23.